The number of ether oxygens (including phenoxy) is 1. The molecule has 0 bridgehead atoms. The molecular weight excluding hydrogens is 417 g/mol. The smallest absolute Gasteiger partial charge is 0.354 e. The molecule has 2 amide bonds. The maximum Gasteiger partial charge on any atom is 0.354 e. The van der Waals surface area contributed by atoms with Gasteiger partial charge in [-0.05, 0) is 23.8 Å². The van der Waals surface area contributed by atoms with Gasteiger partial charge in [0.25, 0.3) is 5.91 Å². The summed E-state index contributed by atoms with van der Waals surface area (Å²) in [6, 6.07) is 13.7. The van der Waals surface area contributed by atoms with Crippen molar-refractivity contribution in [1.82, 2.24) is 5.43 Å². The highest BCUT2D eigenvalue weighted by Gasteiger charge is 2.56. The zero-order chi connectivity index (χ0) is 20.6. The molecular formula is C20H15Cl2N3O4. The van der Waals surface area contributed by atoms with Crippen LogP contribution in [0.15, 0.2) is 53.6 Å². The molecule has 0 radical (unpaired) electrons. The lowest BCUT2D eigenvalue weighted by atomic mass is 9.93. The predicted molar refractivity (Wildman–Crippen MR) is 108 cm³/mol. The van der Waals surface area contributed by atoms with E-state index < -0.39 is 23.3 Å². The zero-order valence-electron chi connectivity index (χ0n) is 15.0. The number of hydrogen-bond acceptors (Lipinski definition) is 6. The van der Waals surface area contributed by atoms with Crippen molar-refractivity contribution in [3.05, 3.63) is 64.1 Å². The van der Waals surface area contributed by atoms with E-state index in [1.165, 1.54) is 12.1 Å². The summed E-state index contributed by atoms with van der Waals surface area (Å²) >= 11 is 12.1. The molecule has 2 aliphatic rings. The number of imide groups is 1. The quantitative estimate of drug-likeness (QED) is 0.593. The van der Waals surface area contributed by atoms with Crippen LogP contribution in [0.3, 0.4) is 0 Å². The molecule has 1 N–H and O–H groups in total. The molecule has 4 rings (SSSR count). The summed E-state index contributed by atoms with van der Waals surface area (Å²) in [7, 11) is 0. The molecule has 0 aliphatic carbocycles. The van der Waals surface area contributed by atoms with E-state index in [0.29, 0.717) is 5.02 Å². The van der Waals surface area contributed by atoms with Crippen LogP contribution in [0.4, 0.5) is 5.69 Å². The van der Waals surface area contributed by atoms with Crippen molar-refractivity contribution in [3.8, 4) is 0 Å². The molecule has 9 heteroatoms. The zero-order valence-corrected chi connectivity index (χ0v) is 16.5. The number of esters is 1. The summed E-state index contributed by atoms with van der Waals surface area (Å²) in [5.74, 6) is -1.61. The number of carbonyl (C=O) groups excluding carboxylic acids is 3. The Morgan fingerprint density at radius 3 is 2.62 bits per heavy atom. The number of anilines is 1. The van der Waals surface area contributed by atoms with Gasteiger partial charge in [0.1, 0.15) is 17.9 Å². The normalized spacial score (nSPS) is 20.8. The molecule has 0 aromatic heterocycles. The average Bonchev–Trinajstić information content (AvgIpc) is 3.23. The van der Waals surface area contributed by atoms with Crippen molar-refractivity contribution in [2.75, 3.05) is 4.90 Å². The van der Waals surface area contributed by atoms with Gasteiger partial charge in [0, 0.05) is 11.4 Å². The van der Waals surface area contributed by atoms with Crippen LogP contribution >= 0.6 is 23.2 Å². The molecule has 1 atom stereocenters. The Kier molecular flexibility index (Phi) is 5.02. The first-order valence-electron chi connectivity index (χ1n) is 8.77. The highest BCUT2D eigenvalue weighted by atomic mass is 35.5. The number of rotatable bonds is 4. The van der Waals surface area contributed by atoms with E-state index in [0.717, 1.165) is 10.5 Å². The van der Waals surface area contributed by atoms with Crippen LogP contribution in [-0.4, -0.2) is 29.0 Å². The molecule has 29 heavy (non-hydrogen) atoms. The van der Waals surface area contributed by atoms with Gasteiger partial charge in [-0.3, -0.25) is 15.0 Å². The van der Waals surface area contributed by atoms with Crippen LogP contribution in [0, 0.1) is 0 Å². The Hall–Kier alpha value is -2.90. The Labute approximate surface area is 176 Å². The summed E-state index contributed by atoms with van der Waals surface area (Å²) in [5.41, 5.74) is 2.49. The second kappa shape index (κ2) is 7.50. The molecule has 2 aromatic carbocycles. The van der Waals surface area contributed by atoms with Gasteiger partial charge in [0.05, 0.1) is 17.1 Å². The topological polar surface area (TPSA) is 88.1 Å². The molecule has 2 aliphatic heterocycles. The molecule has 1 saturated heterocycles. The third-order valence-corrected chi connectivity index (χ3v) is 5.33. The molecule has 2 aromatic rings. The lowest BCUT2D eigenvalue weighted by Crippen LogP contribution is -2.47. The van der Waals surface area contributed by atoms with Crippen LogP contribution in [0.25, 0.3) is 0 Å². The maximum absolute atomic E-state index is 13.1. The Morgan fingerprint density at radius 2 is 1.90 bits per heavy atom. The van der Waals surface area contributed by atoms with Crippen LogP contribution in [0.5, 0.6) is 0 Å². The average molecular weight is 432 g/mol. The van der Waals surface area contributed by atoms with Gasteiger partial charge in [-0.2, -0.15) is 5.10 Å². The Morgan fingerprint density at radius 1 is 1.14 bits per heavy atom. The van der Waals surface area contributed by atoms with E-state index in [2.05, 4.69) is 10.5 Å². The van der Waals surface area contributed by atoms with E-state index in [-0.39, 0.29) is 35.9 Å². The highest BCUT2D eigenvalue weighted by molar-refractivity contribution is 6.41. The minimum absolute atomic E-state index is 0.0487. The SMILES string of the molecule is O=C(OCc1ccccc1)C1=NN[C@@]2(CC(=O)N(c3ccc(Cl)cc3Cl)C2=O)C1. The number of carbonyl (C=O) groups is 3. The summed E-state index contributed by atoms with van der Waals surface area (Å²) in [5, 5.41) is 4.54. The lowest BCUT2D eigenvalue weighted by Gasteiger charge is -2.21. The van der Waals surface area contributed by atoms with Crippen LogP contribution in [-0.2, 0) is 25.7 Å². The summed E-state index contributed by atoms with van der Waals surface area (Å²) < 4.78 is 5.27. The monoisotopic (exact) mass is 431 g/mol. The van der Waals surface area contributed by atoms with E-state index in [1.54, 1.807) is 6.07 Å². The van der Waals surface area contributed by atoms with E-state index in [1.807, 2.05) is 30.3 Å². The largest absolute Gasteiger partial charge is 0.456 e. The van der Waals surface area contributed by atoms with E-state index in [9.17, 15) is 14.4 Å². The second-order valence-electron chi connectivity index (χ2n) is 6.80. The number of amides is 2. The van der Waals surface area contributed by atoms with Gasteiger partial charge >= 0.3 is 5.97 Å². The molecule has 0 unspecified atom stereocenters. The third-order valence-electron chi connectivity index (χ3n) is 4.79. The number of benzene rings is 2. The fourth-order valence-electron chi connectivity index (χ4n) is 3.34. The minimum atomic E-state index is -1.32. The number of hydrogen-bond donors (Lipinski definition) is 1. The first-order valence-corrected chi connectivity index (χ1v) is 9.52. The Balaban J connectivity index is 1.47. The van der Waals surface area contributed by atoms with Crippen molar-refractivity contribution in [2.45, 2.75) is 25.0 Å². The molecule has 148 valence electrons. The fraction of sp³-hybridized carbons (Fsp3) is 0.200. The van der Waals surface area contributed by atoms with E-state index >= 15 is 0 Å². The molecule has 2 heterocycles. The second-order valence-corrected chi connectivity index (χ2v) is 7.64. The van der Waals surface area contributed by atoms with E-state index in [4.69, 9.17) is 27.9 Å². The van der Waals surface area contributed by atoms with Crippen molar-refractivity contribution in [2.24, 2.45) is 5.10 Å². The van der Waals surface area contributed by atoms with Crippen molar-refractivity contribution >= 4 is 52.4 Å². The van der Waals surface area contributed by atoms with Gasteiger partial charge in [0.2, 0.25) is 5.91 Å². The molecule has 0 saturated carbocycles. The number of nitrogens with zero attached hydrogens (tertiary/aromatic N) is 2. The van der Waals surface area contributed by atoms with Crippen LogP contribution < -0.4 is 10.3 Å². The first kappa shape index (κ1) is 19.4. The molecule has 1 spiro atoms. The third kappa shape index (κ3) is 3.59. The van der Waals surface area contributed by atoms with Gasteiger partial charge < -0.3 is 4.74 Å². The standard InChI is InChI=1S/C20H15Cl2N3O4/c21-13-6-7-16(14(22)8-13)25-17(26)10-20(19(25)28)9-15(23-24-20)18(27)29-11-12-4-2-1-3-5-12/h1-8,24H,9-11H2/t20-/m1/s1. The van der Waals surface area contributed by atoms with Gasteiger partial charge in [-0.1, -0.05) is 53.5 Å². The van der Waals surface area contributed by atoms with Crippen molar-refractivity contribution in [1.29, 1.82) is 0 Å². The lowest BCUT2D eigenvalue weighted by molar-refractivity contribution is -0.136. The molecule has 7 nitrogen and oxygen atoms in total. The van der Waals surface area contributed by atoms with Gasteiger partial charge in [-0.15, -0.1) is 0 Å². The number of hydrazone groups is 1. The summed E-state index contributed by atoms with van der Waals surface area (Å²) in [6.45, 7) is 0.0884. The first-order chi connectivity index (χ1) is 13.9. The van der Waals surface area contributed by atoms with Crippen LogP contribution in [0.2, 0.25) is 10.0 Å². The van der Waals surface area contributed by atoms with Crippen molar-refractivity contribution < 1.29 is 19.1 Å². The van der Waals surface area contributed by atoms with Gasteiger partial charge in [0.15, 0.2) is 0 Å². The summed E-state index contributed by atoms with van der Waals surface area (Å²) in [6.07, 6.45) is -0.198. The van der Waals surface area contributed by atoms with Crippen molar-refractivity contribution in [3.63, 3.8) is 0 Å². The highest BCUT2D eigenvalue weighted by Crippen LogP contribution is 2.38. The minimum Gasteiger partial charge on any atom is -0.456 e. The number of halogens is 2. The van der Waals surface area contributed by atoms with Gasteiger partial charge in [-0.25, -0.2) is 9.69 Å². The fourth-order valence-corrected chi connectivity index (χ4v) is 3.83. The maximum atomic E-state index is 13.1. The number of nitrogens with one attached hydrogen (secondary N) is 1. The van der Waals surface area contributed by atoms with Crippen LogP contribution in [0.1, 0.15) is 18.4 Å². The Bertz CT molecular complexity index is 1040. The molecule has 1 fully saturated rings. The predicted octanol–water partition coefficient (Wildman–Crippen LogP) is 3.09. The summed E-state index contributed by atoms with van der Waals surface area (Å²) in [4.78, 5) is 39.0.